The van der Waals surface area contributed by atoms with Gasteiger partial charge in [0.25, 0.3) is 5.91 Å². The molecule has 0 saturated heterocycles. The predicted octanol–water partition coefficient (Wildman–Crippen LogP) is 4.35. The second-order valence-electron chi connectivity index (χ2n) is 6.13. The molecule has 0 spiro atoms. The largest absolute Gasteiger partial charge is 0.443 e. The second-order valence-corrected chi connectivity index (χ2v) is 7.21. The molecule has 0 saturated carbocycles. The minimum Gasteiger partial charge on any atom is -0.443 e. The minimum atomic E-state index is -0.544. The molecule has 28 heavy (non-hydrogen) atoms. The van der Waals surface area contributed by atoms with Crippen LogP contribution in [0.1, 0.15) is 28.9 Å². The highest BCUT2D eigenvalue weighted by Gasteiger charge is 2.19. The second kappa shape index (κ2) is 7.85. The molecule has 1 aliphatic heterocycles. The number of benzene rings is 1. The average molecular weight is 396 g/mol. The lowest BCUT2D eigenvalue weighted by Crippen LogP contribution is -2.22. The molecule has 0 fully saturated rings. The van der Waals surface area contributed by atoms with Crippen LogP contribution in [0.25, 0.3) is 16.5 Å². The molecule has 0 aliphatic carbocycles. The van der Waals surface area contributed by atoms with E-state index >= 15 is 0 Å². The molecule has 3 aromatic rings. The molecule has 0 bridgehead atoms. The molecule has 2 aromatic heterocycles. The van der Waals surface area contributed by atoms with E-state index in [1.54, 1.807) is 23.0 Å². The highest BCUT2D eigenvalue weighted by Crippen LogP contribution is 2.36. The Labute approximate surface area is 165 Å². The number of hydrogen-bond donors (Lipinski definition) is 1. The van der Waals surface area contributed by atoms with Crippen LogP contribution >= 0.6 is 11.8 Å². The van der Waals surface area contributed by atoms with Gasteiger partial charge in [0.15, 0.2) is 0 Å². The number of oxazole rings is 1. The number of allylic oxidation sites excluding steroid dienone is 2. The van der Waals surface area contributed by atoms with Crippen molar-refractivity contribution >= 4 is 22.6 Å². The fraction of sp³-hybridized carbons (Fsp3) is 0.150. The number of nitrogens with one attached hydrogen (secondary N) is 1. The molecule has 6 nitrogen and oxygen atoms in total. The summed E-state index contributed by atoms with van der Waals surface area (Å²) < 4.78 is 20.9. The number of halogens is 1. The summed E-state index contributed by atoms with van der Waals surface area (Å²) in [5.74, 6) is -0.564. The van der Waals surface area contributed by atoms with Crippen molar-refractivity contribution in [3.05, 3.63) is 77.0 Å². The zero-order chi connectivity index (χ0) is 19.5. The van der Waals surface area contributed by atoms with E-state index in [-0.39, 0.29) is 5.56 Å². The van der Waals surface area contributed by atoms with E-state index in [1.165, 1.54) is 30.2 Å². The molecule has 1 aliphatic rings. The first-order valence-electron chi connectivity index (χ1n) is 8.70. The third-order valence-electron chi connectivity index (χ3n) is 4.18. The topological polar surface area (TPSA) is 73.0 Å². The number of amides is 1. The van der Waals surface area contributed by atoms with Crippen LogP contribution in [0.3, 0.4) is 0 Å². The Balaban J connectivity index is 1.55. The molecular formula is C20H17FN4O2S. The van der Waals surface area contributed by atoms with Gasteiger partial charge < -0.3 is 9.73 Å². The number of aryl methyl sites for hydroxylation is 1. The quantitative estimate of drug-likeness (QED) is 0.710. The van der Waals surface area contributed by atoms with Crippen LogP contribution in [-0.2, 0) is 7.05 Å². The van der Waals surface area contributed by atoms with Gasteiger partial charge in [-0.2, -0.15) is 5.10 Å². The van der Waals surface area contributed by atoms with Crippen LogP contribution in [0.2, 0.25) is 0 Å². The van der Waals surface area contributed by atoms with E-state index in [4.69, 9.17) is 4.42 Å². The first-order chi connectivity index (χ1) is 13.6. The molecule has 0 atom stereocenters. The van der Waals surface area contributed by atoms with Crippen molar-refractivity contribution in [2.45, 2.75) is 12.8 Å². The summed E-state index contributed by atoms with van der Waals surface area (Å²) in [5.41, 5.74) is 1.53. The maximum absolute atomic E-state index is 13.9. The van der Waals surface area contributed by atoms with Crippen LogP contribution in [0, 0.1) is 5.82 Å². The number of carbonyl (C=O) groups is 1. The van der Waals surface area contributed by atoms with Gasteiger partial charge in [-0.3, -0.25) is 9.48 Å². The van der Waals surface area contributed by atoms with Crippen molar-refractivity contribution in [2.75, 3.05) is 0 Å². The van der Waals surface area contributed by atoms with Gasteiger partial charge in [0.05, 0.1) is 22.5 Å². The van der Waals surface area contributed by atoms with Crippen LogP contribution in [-0.4, -0.2) is 20.7 Å². The van der Waals surface area contributed by atoms with Gasteiger partial charge in [0.2, 0.25) is 5.89 Å². The van der Waals surface area contributed by atoms with Crippen LogP contribution in [0.5, 0.6) is 0 Å². The number of rotatable bonds is 4. The van der Waals surface area contributed by atoms with Gasteiger partial charge in [0, 0.05) is 12.0 Å². The first kappa shape index (κ1) is 18.2. The molecule has 4 rings (SSSR count). The summed E-state index contributed by atoms with van der Waals surface area (Å²) in [4.78, 5) is 17.5. The van der Waals surface area contributed by atoms with Gasteiger partial charge in [-0.05, 0) is 31.0 Å². The fourth-order valence-electron chi connectivity index (χ4n) is 2.84. The van der Waals surface area contributed by atoms with Gasteiger partial charge in [0.1, 0.15) is 17.8 Å². The summed E-state index contributed by atoms with van der Waals surface area (Å²) in [7, 11) is 1.84. The number of thioether (sulfide) groups is 1. The Morgan fingerprint density at radius 2 is 2.11 bits per heavy atom. The molecule has 8 heteroatoms. The zero-order valence-electron chi connectivity index (χ0n) is 15.1. The van der Waals surface area contributed by atoms with Gasteiger partial charge in [-0.1, -0.05) is 36.0 Å². The fourth-order valence-corrected chi connectivity index (χ4v) is 3.92. The Bertz CT molecular complexity index is 1070. The van der Waals surface area contributed by atoms with Crippen molar-refractivity contribution in [3.8, 4) is 11.6 Å². The standard InChI is InChI=1S/C20H17FN4O2S/c1-25-16(12-15(24-25)20-22-10-11-27-20)17-8-4-5-9-18(28-17)23-19(26)13-6-2-3-7-14(13)21/h2-3,6-12H,4-5H2,1H3,(H,23,26). The maximum atomic E-state index is 13.9. The lowest BCUT2D eigenvalue weighted by atomic mass is 10.2. The predicted molar refractivity (Wildman–Crippen MR) is 105 cm³/mol. The molecule has 1 aromatic carbocycles. The Hall–Kier alpha value is -3.13. The molecule has 1 N–H and O–H groups in total. The number of nitrogens with zero attached hydrogens (tertiary/aromatic N) is 3. The number of carbonyl (C=O) groups excluding carboxylic acids is 1. The Kier molecular flexibility index (Phi) is 5.12. The number of hydrogen-bond acceptors (Lipinski definition) is 5. The molecule has 0 unspecified atom stereocenters. The first-order valence-corrected chi connectivity index (χ1v) is 9.52. The lowest BCUT2D eigenvalue weighted by Gasteiger charge is -2.11. The van der Waals surface area contributed by atoms with E-state index in [9.17, 15) is 9.18 Å². The minimum absolute atomic E-state index is 0.0190. The summed E-state index contributed by atoms with van der Waals surface area (Å²) in [6.45, 7) is 0. The van der Waals surface area contributed by atoms with Crippen LogP contribution in [0.15, 0.2) is 64.4 Å². The third-order valence-corrected chi connectivity index (χ3v) is 5.27. The highest BCUT2D eigenvalue weighted by molar-refractivity contribution is 8.11. The molecule has 3 heterocycles. The van der Waals surface area contributed by atoms with E-state index in [0.717, 1.165) is 23.4 Å². The van der Waals surface area contributed by atoms with Gasteiger partial charge in [-0.15, -0.1) is 0 Å². The summed E-state index contributed by atoms with van der Waals surface area (Å²) in [5, 5.41) is 7.93. The summed E-state index contributed by atoms with van der Waals surface area (Å²) >= 11 is 1.41. The van der Waals surface area contributed by atoms with Gasteiger partial charge >= 0.3 is 0 Å². The summed E-state index contributed by atoms with van der Waals surface area (Å²) in [6, 6.07) is 7.83. The average Bonchev–Trinajstić information content (AvgIpc) is 3.28. The summed E-state index contributed by atoms with van der Waals surface area (Å²) in [6.07, 6.45) is 8.71. The van der Waals surface area contributed by atoms with E-state index < -0.39 is 11.7 Å². The van der Waals surface area contributed by atoms with Crippen molar-refractivity contribution in [1.82, 2.24) is 20.1 Å². The van der Waals surface area contributed by atoms with E-state index in [2.05, 4.69) is 21.5 Å². The van der Waals surface area contributed by atoms with Crippen LogP contribution in [0.4, 0.5) is 4.39 Å². The van der Waals surface area contributed by atoms with Crippen LogP contribution < -0.4 is 5.32 Å². The van der Waals surface area contributed by atoms with E-state index in [0.29, 0.717) is 16.6 Å². The smallest absolute Gasteiger partial charge is 0.259 e. The molecule has 1 amide bonds. The molecular weight excluding hydrogens is 379 g/mol. The molecule has 142 valence electrons. The SMILES string of the molecule is Cn1nc(-c2ncco2)cc1C1=CCCC=C(NC(=O)c2ccccc2F)S1. The maximum Gasteiger partial charge on any atom is 0.259 e. The number of aromatic nitrogens is 3. The third kappa shape index (κ3) is 3.77. The van der Waals surface area contributed by atoms with Crippen molar-refractivity contribution < 1.29 is 13.6 Å². The normalized spacial score (nSPS) is 14.2. The molecule has 0 radical (unpaired) electrons. The monoisotopic (exact) mass is 396 g/mol. The zero-order valence-corrected chi connectivity index (χ0v) is 15.9. The Morgan fingerprint density at radius 3 is 2.89 bits per heavy atom. The lowest BCUT2D eigenvalue weighted by molar-refractivity contribution is 0.0965. The van der Waals surface area contributed by atoms with Crippen molar-refractivity contribution in [1.29, 1.82) is 0 Å². The highest BCUT2D eigenvalue weighted by atomic mass is 32.2. The van der Waals surface area contributed by atoms with Gasteiger partial charge in [-0.25, -0.2) is 9.37 Å². The van der Waals surface area contributed by atoms with Crippen molar-refractivity contribution in [2.24, 2.45) is 7.05 Å². The van der Waals surface area contributed by atoms with E-state index in [1.807, 2.05) is 19.2 Å². The Morgan fingerprint density at radius 1 is 1.29 bits per heavy atom. The van der Waals surface area contributed by atoms with Crippen molar-refractivity contribution in [3.63, 3.8) is 0 Å².